The van der Waals surface area contributed by atoms with Gasteiger partial charge in [0.15, 0.2) is 0 Å². The van der Waals surface area contributed by atoms with Crippen molar-refractivity contribution in [3.63, 3.8) is 0 Å². The third-order valence-corrected chi connectivity index (χ3v) is 4.27. The van der Waals surface area contributed by atoms with E-state index < -0.39 is 0 Å². The fraction of sp³-hybridized carbons (Fsp3) is 0.250. The number of nitrogens with one attached hydrogen (secondary N) is 1. The molecule has 5 nitrogen and oxygen atoms in total. The number of halogens is 1. The Labute approximate surface area is 137 Å². The molecule has 1 atom stereocenters. The van der Waals surface area contributed by atoms with Gasteiger partial charge in [0.1, 0.15) is 11.6 Å². The van der Waals surface area contributed by atoms with Crippen LogP contribution in [0.1, 0.15) is 24.4 Å². The topological polar surface area (TPSA) is 60.2 Å². The zero-order valence-electron chi connectivity index (χ0n) is 12.7. The Morgan fingerprint density at radius 3 is 2.96 bits per heavy atom. The molecule has 0 unspecified atom stereocenters. The smallest absolute Gasteiger partial charge is 0.257 e. The van der Waals surface area contributed by atoms with Crippen molar-refractivity contribution in [2.75, 3.05) is 7.11 Å². The summed E-state index contributed by atoms with van der Waals surface area (Å²) in [6, 6.07) is 8.18. The molecule has 120 valence electrons. The molecular weight excluding hydrogens is 317 g/mol. The van der Waals surface area contributed by atoms with Gasteiger partial charge in [0.05, 0.1) is 18.5 Å². The van der Waals surface area contributed by atoms with E-state index in [0.717, 1.165) is 10.4 Å². The molecule has 0 aliphatic carbocycles. The second-order valence-electron chi connectivity index (χ2n) is 4.97. The van der Waals surface area contributed by atoms with Crippen LogP contribution in [0.25, 0.3) is 10.8 Å². The molecule has 0 amide bonds. The van der Waals surface area contributed by atoms with Gasteiger partial charge in [0, 0.05) is 11.6 Å². The standard InChI is InChI=1S/C16H16FN3O2S/c1-10(12-8-11(17)5-6-13(12)21-2)18-9-15-19-20-16(22-15)14-4-3-7-23-14/h3-8,10,18H,9H2,1-2H3/t10-/m1/s1. The van der Waals surface area contributed by atoms with Crippen molar-refractivity contribution in [2.45, 2.75) is 19.5 Å². The molecule has 3 rings (SSSR count). The molecule has 2 heterocycles. The number of hydrogen-bond donors (Lipinski definition) is 1. The van der Waals surface area contributed by atoms with Crippen molar-refractivity contribution < 1.29 is 13.5 Å². The normalized spacial score (nSPS) is 12.3. The summed E-state index contributed by atoms with van der Waals surface area (Å²) in [6.45, 7) is 2.31. The quantitative estimate of drug-likeness (QED) is 0.743. The van der Waals surface area contributed by atoms with E-state index in [1.165, 1.54) is 12.1 Å². The number of thiophene rings is 1. The van der Waals surface area contributed by atoms with Crippen LogP contribution in [0.5, 0.6) is 5.75 Å². The maximum Gasteiger partial charge on any atom is 0.257 e. The van der Waals surface area contributed by atoms with Gasteiger partial charge in [-0.25, -0.2) is 4.39 Å². The van der Waals surface area contributed by atoms with Crippen LogP contribution in [-0.2, 0) is 6.54 Å². The highest BCUT2D eigenvalue weighted by Crippen LogP contribution is 2.26. The van der Waals surface area contributed by atoms with Gasteiger partial charge in [0.25, 0.3) is 5.89 Å². The molecule has 0 aliphatic rings. The highest BCUT2D eigenvalue weighted by Gasteiger charge is 2.14. The number of aromatic nitrogens is 2. The van der Waals surface area contributed by atoms with Crippen LogP contribution in [0.3, 0.4) is 0 Å². The lowest BCUT2D eigenvalue weighted by Crippen LogP contribution is -2.19. The van der Waals surface area contributed by atoms with E-state index in [1.807, 2.05) is 24.4 Å². The Bertz CT molecular complexity index is 773. The van der Waals surface area contributed by atoms with Gasteiger partial charge in [-0.15, -0.1) is 21.5 Å². The lowest BCUT2D eigenvalue weighted by molar-refractivity contribution is 0.395. The summed E-state index contributed by atoms with van der Waals surface area (Å²) < 4.78 is 24.3. The maximum atomic E-state index is 13.4. The zero-order chi connectivity index (χ0) is 16.2. The minimum atomic E-state index is -0.299. The van der Waals surface area contributed by atoms with E-state index in [9.17, 15) is 4.39 Å². The number of benzene rings is 1. The number of rotatable bonds is 6. The fourth-order valence-electron chi connectivity index (χ4n) is 2.22. The first-order valence-corrected chi connectivity index (χ1v) is 7.98. The number of methoxy groups -OCH3 is 1. The molecule has 0 radical (unpaired) electrons. The molecule has 1 N–H and O–H groups in total. The minimum Gasteiger partial charge on any atom is -0.496 e. The van der Waals surface area contributed by atoms with Crippen LogP contribution in [-0.4, -0.2) is 17.3 Å². The van der Waals surface area contributed by atoms with Crippen LogP contribution >= 0.6 is 11.3 Å². The Balaban J connectivity index is 1.67. The molecule has 7 heteroatoms. The third-order valence-electron chi connectivity index (χ3n) is 3.42. The minimum absolute atomic E-state index is 0.127. The first-order valence-electron chi connectivity index (χ1n) is 7.10. The summed E-state index contributed by atoms with van der Waals surface area (Å²) in [5.74, 6) is 1.33. The van der Waals surface area contributed by atoms with Crippen LogP contribution in [0.15, 0.2) is 40.1 Å². The third kappa shape index (κ3) is 3.57. The molecule has 2 aromatic heterocycles. The van der Waals surface area contributed by atoms with E-state index in [1.54, 1.807) is 24.5 Å². The van der Waals surface area contributed by atoms with E-state index in [2.05, 4.69) is 15.5 Å². The predicted octanol–water partition coefficient (Wildman–Crippen LogP) is 3.80. The molecule has 3 aromatic rings. The predicted molar refractivity (Wildman–Crippen MR) is 85.8 cm³/mol. The Morgan fingerprint density at radius 1 is 1.35 bits per heavy atom. The second kappa shape index (κ2) is 6.89. The molecule has 0 spiro atoms. The molecule has 0 saturated heterocycles. The second-order valence-corrected chi connectivity index (χ2v) is 5.91. The van der Waals surface area contributed by atoms with Crippen LogP contribution < -0.4 is 10.1 Å². The Morgan fingerprint density at radius 2 is 2.22 bits per heavy atom. The van der Waals surface area contributed by atoms with E-state index in [4.69, 9.17) is 9.15 Å². The summed E-state index contributed by atoms with van der Waals surface area (Å²) in [5, 5.41) is 13.2. The van der Waals surface area contributed by atoms with Gasteiger partial charge in [-0.05, 0) is 36.6 Å². The SMILES string of the molecule is COc1ccc(F)cc1[C@@H](C)NCc1nnc(-c2cccs2)o1. The molecule has 0 bridgehead atoms. The maximum absolute atomic E-state index is 13.4. The summed E-state index contributed by atoms with van der Waals surface area (Å²) in [4.78, 5) is 0.934. The molecule has 0 aliphatic heterocycles. The van der Waals surface area contributed by atoms with Crippen LogP contribution in [0.2, 0.25) is 0 Å². The van der Waals surface area contributed by atoms with Crippen molar-refractivity contribution in [2.24, 2.45) is 0 Å². The first kappa shape index (κ1) is 15.6. The van der Waals surface area contributed by atoms with Crippen molar-refractivity contribution in [3.05, 3.63) is 53.0 Å². The number of ether oxygens (including phenoxy) is 1. The summed E-state index contributed by atoms with van der Waals surface area (Å²) in [6.07, 6.45) is 0. The lowest BCUT2D eigenvalue weighted by Gasteiger charge is -2.16. The van der Waals surface area contributed by atoms with Crippen molar-refractivity contribution in [1.29, 1.82) is 0 Å². The highest BCUT2D eigenvalue weighted by atomic mass is 32.1. The van der Waals surface area contributed by atoms with Gasteiger partial charge in [-0.3, -0.25) is 0 Å². The van der Waals surface area contributed by atoms with Crippen molar-refractivity contribution in [1.82, 2.24) is 15.5 Å². The fourth-order valence-corrected chi connectivity index (χ4v) is 2.86. The number of nitrogens with zero attached hydrogens (tertiary/aromatic N) is 2. The zero-order valence-corrected chi connectivity index (χ0v) is 13.6. The molecule has 1 aromatic carbocycles. The van der Waals surface area contributed by atoms with Crippen LogP contribution in [0, 0.1) is 5.82 Å². The summed E-state index contributed by atoms with van der Waals surface area (Å²) in [5.41, 5.74) is 0.741. The molecule has 23 heavy (non-hydrogen) atoms. The van der Waals surface area contributed by atoms with Gasteiger partial charge < -0.3 is 14.5 Å². The first-order chi connectivity index (χ1) is 11.2. The lowest BCUT2D eigenvalue weighted by atomic mass is 10.1. The molecular formula is C16H16FN3O2S. The van der Waals surface area contributed by atoms with Crippen molar-refractivity contribution >= 4 is 11.3 Å². The van der Waals surface area contributed by atoms with Crippen molar-refractivity contribution in [3.8, 4) is 16.5 Å². The largest absolute Gasteiger partial charge is 0.496 e. The van der Waals surface area contributed by atoms with E-state index in [0.29, 0.717) is 24.1 Å². The summed E-state index contributed by atoms with van der Waals surface area (Å²) in [7, 11) is 1.56. The van der Waals surface area contributed by atoms with Crippen LogP contribution in [0.4, 0.5) is 4.39 Å². The summed E-state index contributed by atoms with van der Waals surface area (Å²) >= 11 is 1.54. The number of hydrogen-bond acceptors (Lipinski definition) is 6. The van der Waals surface area contributed by atoms with E-state index in [-0.39, 0.29) is 11.9 Å². The molecule has 0 fully saturated rings. The average molecular weight is 333 g/mol. The average Bonchev–Trinajstić information content (AvgIpc) is 3.23. The Hall–Kier alpha value is -2.25. The van der Waals surface area contributed by atoms with Gasteiger partial charge in [0.2, 0.25) is 5.89 Å². The van der Waals surface area contributed by atoms with Gasteiger partial charge >= 0.3 is 0 Å². The van der Waals surface area contributed by atoms with E-state index >= 15 is 0 Å². The Kier molecular flexibility index (Phi) is 4.68. The highest BCUT2D eigenvalue weighted by molar-refractivity contribution is 7.13. The van der Waals surface area contributed by atoms with Gasteiger partial charge in [-0.1, -0.05) is 6.07 Å². The molecule has 0 saturated carbocycles. The monoisotopic (exact) mass is 333 g/mol. The van der Waals surface area contributed by atoms with Gasteiger partial charge in [-0.2, -0.15) is 0 Å².